The third-order valence-corrected chi connectivity index (χ3v) is 2.67. The van der Waals surface area contributed by atoms with Gasteiger partial charge in [0.15, 0.2) is 5.82 Å². The summed E-state index contributed by atoms with van der Waals surface area (Å²) in [7, 11) is 0. The van der Waals surface area contributed by atoms with Crippen LogP contribution in [0.15, 0.2) is 10.9 Å². The fraction of sp³-hybridized carbons (Fsp3) is 0.667. The van der Waals surface area contributed by atoms with Gasteiger partial charge in [-0.3, -0.25) is 4.79 Å². The Morgan fingerprint density at radius 2 is 2.53 bits per heavy atom. The summed E-state index contributed by atoms with van der Waals surface area (Å²) in [6.07, 6.45) is 2.72. The molecule has 0 aliphatic carbocycles. The average Bonchev–Trinajstić information content (AvgIpc) is 2.74. The minimum absolute atomic E-state index is 0.143. The van der Waals surface area contributed by atoms with E-state index in [0.29, 0.717) is 37.8 Å². The minimum atomic E-state index is 0.143. The van der Waals surface area contributed by atoms with Crippen LogP contribution in [0.4, 0.5) is 0 Å². The number of hydrogen-bond donors (Lipinski definition) is 1. The van der Waals surface area contributed by atoms with E-state index >= 15 is 0 Å². The van der Waals surface area contributed by atoms with Crippen molar-refractivity contribution in [2.24, 2.45) is 11.7 Å². The normalized spacial score (nSPS) is 22.1. The van der Waals surface area contributed by atoms with Crippen molar-refractivity contribution in [2.45, 2.75) is 19.4 Å². The molecule has 2 N–H and O–H groups in total. The smallest absolute Gasteiger partial charge is 0.222 e. The standard InChI is InChI=1S/C9H14N4O2/c10-3-7-1-2-9(14)13(4-7)5-8-11-6-15-12-8/h6-7H,1-5,10H2. The van der Waals surface area contributed by atoms with Crippen molar-refractivity contribution in [3.8, 4) is 0 Å². The molecule has 82 valence electrons. The van der Waals surface area contributed by atoms with Crippen LogP contribution in [0.2, 0.25) is 0 Å². The second kappa shape index (κ2) is 4.39. The number of hydrogen-bond acceptors (Lipinski definition) is 5. The second-order valence-electron chi connectivity index (χ2n) is 3.76. The maximum absolute atomic E-state index is 11.6. The van der Waals surface area contributed by atoms with E-state index in [2.05, 4.69) is 14.7 Å². The minimum Gasteiger partial charge on any atom is -0.343 e. The molecule has 0 radical (unpaired) electrons. The average molecular weight is 210 g/mol. The van der Waals surface area contributed by atoms with Crippen LogP contribution < -0.4 is 5.73 Å². The fourth-order valence-electron chi connectivity index (χ4n) is 1.77. The van der Waals surface area contributed by atoms with Crippen molar-refractivity contribution in [3.63, 3.8) is 0 Å². The predicted octanol–water partition coefficient (Wildman–Crippen LogP) is -0.233. The molecule has 0 spiro atoms. The van der Waals surface area contributed by atoms with Crippen molar-refractivity contribution in [1.82, 2.24) is 15.0 Å². The van der Waals surface area contributed by atoms with Crippen LogP contribution in [0.1, 0.15) is 18.7 Å². The number of piperidine rings is 1. The first-order valence-electron chi connectivity index (χ1n) is 5.02. The van der Waals surface area contributed by atoms with Gasteiger partial charge < -0.3 is 15.2 Å². The zero-order valence-electron chi connectivity index (χ0n) is 8.43. The first kappa shape index (κ1) is 10.1. The predicted molar refractivity (Wildman–Crippen MR) is 51.5 cm³/mol. The summed E-state index contributed by atoms with van der Waals surface area (Å²) in [5.74, 6) is 1.08. The molecule has 1 unspecified atom stereocenters. The van der Waals surface area contributed by atoms with Crippen LogP contribution in [0, 0.1) is 5.92 Å². The van der Waals surface area contributed by atoms with E-state index in [1.165, 1.54) is 6.39 Å². The Hall–Kier alpha value is -1.43. The number of carbonyl (C=O) groups is 1. The third-order valence-electron chi connectivity index (χ3n) is 2.67. The molecule has 1 fully saturated rings. The molecule has 6 nitrogen and oxygen atoms in total. The molecular weight excluding hydrogens is 196 g/mol. The van der Waals surface area contributed by atoms with Gasteiger partial charge in [0.05, 0.1) is 6.54 Å². The monoisotopic (exact) mass is 210 g/mol. The van der Waals surface area contributed by atoms with Gasteiger partial charge in [-0.05, 0) is 18.9 Å². The molecule has 6 heteroatoms. The van der Waals surface area contributed by atoms with Crippen molar-refractivity contribution < 1.29 is 9.32 Å². The maximum Gasteiger partial charge on any atom is 0.222 e. The Kier molecular flexibility index (Phi) is 2.96. The van der Waals surface area contributed by atoms with Crippen molar-refractivity contribution in [3.05, 3.63) is 12.2 Å². The molecule has 0 bridgehead atoms. The molecular formula is C9H14N4O2. The lowest BCUT2D eigenvalue weighted by atomic mass is 9.98. The first-order valence-corrected chi connectivity index (χ1v) is 5.02. The van der Waals surface area contributed by atoms with Crippen molar-refractivity contribution in [2.75, 3.05) is 13.1 Å². The molecule has 1 amide bonds. The van der Waals surface area contributed by atoms with Crippen LogP contribution in [0.25, 0.3) is 0 Å². The molecule has 0 saturated carbocycles. The lowest BCUT2D eigenvalue weighted by Crippen LogP contribution is -2.41. The largest absolute Gasteiger partial charge is 0.343 e. The molecule has 2 heterocycles. The Morgan fingerprint density at radius 1 is 1.67 bits per heavy atom. The highest BCUT2D eigenvalue weighted by atomic mass is 16.5. The maximum atomic E-state index is 11.6. The lowest BCUT2D eigenvalue weighted by molar-refractivity contribution is -0.135. The van der Waals surface area contributed by atoms with Crippen LogP contribution in [-0.2, 0) is 11.3 Å². The van der Waals surface area contributed by atoms with Gasteiger partial charge in [0.2, 0.25) is 12.3 Å². The van der Waals surface area contributed by atoms with Crippen LogP contribution in [0.3, 0.4) is 0 Å². The van der Waals surface area contributed by atoms with Gasteiger partial charge in [0.25, 0.3) is 0 Å². The van der Waals surface area contributed by atoms with Crippen LogP contribution in [0.5, 0.6) is 0 Å². The van der Waals surface area contributed by atoms with Gasteiger partial charge in [-0.25, -0.2) is 0 Å². The molecule has 1 aromatic rings. The molecule has 1 aliphatic rings. The van der Waals surface area contributed by atoms with Crippen LogP contribution >= 0.6 is 0 Å². The summed E-state index contributed by atoms with van der Waals surface area (Å²) >= 11 is 0. The van der Waals surface area contributed by atoms with E-state index in [4.69, 9.17) is 5.73 Å². The lowest BCUT2D eigenvalue weighted by Gasteiger charge is -2.31. The molecule has 2 rings (SSSR count). The van der Waals surface area contributed by atoms with E-state index in [1.54, 1.807) is 4.90 Å². The number of carbonyl (C=O) groups excluding carboxylic acids is 1. The molecule has 1 aromatic heterocycles. The first-order chi connectivity index (χ1) is 7.29. The Morgan fingerprint density at radius 3 is 3.20 bits per heavy atom. The number of amides is 1. The van der Waals surface area contributed by atoms with Crippen LogP contribution in [-0.4, -0.2) is 34.0 Å². The van der Waals surface area contributed by atoms with Gasteiger partial charge in [-0.15, -0.1) is 0 Å². The van der Waals surface area contributed by atoms with Gasteiger partial charge in [-0.1, -0.05) is 5.16 Å². The summed E-state index contributed by atoms with van der Waals surface area (Å²) < 4.78 is 4.62. The van der Waals surface area contributed by atoms with Gasteiger partial charge in [0, 0.05) is 13.0 Å². The summed E-state index contributed by atoms with van der Waals surface area (Å²) in [6, 6.07) is 0. The SMILES string of the molecule is NCC1CCC(=O)N(Cc2ncon2)C1. The topological polar surface area (TPSA) is 85.3 Å². The van der Waals surface area contributed by atoms with E-state index in [9.17, 15) is 4.79 Å². The highest BCUT2D eigenvalue weighted by Gasteiger charge is 2.25. The van der Waals surface area contributed by atoms with Crippen molar-refractivity contribution in [1.29, 1.82) is 0 Å². The Bertz CT molecular complexity index is 325. The second-order valence-corrected chi connectivity index (χ2v) is 3.76. The molecule has 15 heavy (non-hydrogen) atoms. The highest BCUT2D eigenvalue weighted by molar-refractivity contribution is 5.76. The zero-order valence-corrected chi connectivity index (χ0v) is 8.43. The molecule has 1 saturated heterocycles. The number of rotatable bonds is 3. The molecule has 1 atom stereocenters. The van der Waals surface area contributed by atoms with Gasteiger partial charge in [-0.2, -0.15) is 4.98 Å². The highest BCUT2D eigenvalue weighted by Crippen LogP contribution is 2.17. The summed E-state index contributed by atoms with van der Waals surface area (Å²) in [5.41, 5.74) is 5.60. The number of nitrogens with zero attached hydrogens (tertiary/aromatic N) is 3. The van der Waals surface area contributed by atoms with E-state index in [1.807, 2.05) is 0 Å². The summed E-state index contributed by atoms with van der Waals surface area (Å²) in [6.45, 7) is 1.74. The Balaban J connectivity index is 1.97. The summed E-state index contributed by atoms with van der Waals surface area (Å²) in [4.78, 5) is 17.2. The molecule has 0 aromatic carbocycles. The van der Waals surface area contributed by atoms with E-state index < -0.39 is 0 Å². The number of aromatic nitrogens is 2. The van der Waals surface area contributed by atoms with Gasteiger partial charge in [0.1, 0.15) is 0 Å². The van der Waals surface area contributed by atoms with Crippen molar-refractivity contribution >= 4 is 5.91 Å². The Labute approximate surface area is 87.4 Å². The summed E-state index contributed by atoms with van der Waals surface area (Å²) in [5, 5.41) is 3.68. The number of nitrogens with two attached hydrogens (primary N) is 1. The van der Waals surface area contributed by atoms with Gasteiger partial charge >= 0.3 is 0 Å². The fourth-order valence-corrected chi connectivity index (χ4v) is 1.77. The third kappa shape index (κ3) is 2.33. The number of likely N-dealkylation sites (tertiary alicyclic amines) is 1. The quantitative estimate of drug-likeness (QED) is 0.744. The van der Waals surface area contributed by atoms with E-state index in [0.717, 1.165) is 6.42 Å². The van der Waals surface area contributed by atoms with E-state index in [-0.39, 0.29) is 5.91 Å². The zero-order chi connectivity index (χ0) is 10.7. The molecule has 1 aliphatic heterocycles.